The van der Waals surface area contributed by atoms with E-state index in [0.717, 1.165) is 28.8 Å². The quantitative estimate of drug-likeness (QED) is 0.129. The summed E-state index contributed by atoms with van der Waals surface area (Å²) in [6.07, 6.45) is -0.561. The number of halogens is 3. The van der Waals surface area contributed by atoms with Gasteiger partial charge in [0.25, 0.3) is 11.8 Å². The number of alkyl halides is 3. The Bertz CT molecular complexity index is 1390. The molecule has 0 saturated carbocycles. The van der Waals surface area contributed by atoms with Crippen LogP contribution in [0.3, 0.4) is 0 Å². The molecule has 0 fully saturated rings. The Morgan fingerprint density at radius 1 is 1.10 bits per heavy atom. The number of aryl methyl sites for hydroxylation is 3. The molecule has 4 N–H and O–H groups in total. The van der Waals surface area contributed by atoms with Crippen LogP contribution in [0.1, 0.15) is 45.6 Å². The fourth-order valence-corrected chi connectivity index (χ4v) is 3.71. The van der Waals surface area contributed by atoms with Gasteiger partial charge >= 0.3 is 6.36 Å². The molecule has 0 unspecified atom stereocenters. The molecule has 0 bridgehead atoms. The van der Waals surface area contributed by atoms with Gasteiger partial charge in [0.1, 0.15) is 5.75 Å². The van der Waals surface area contributed by atoms with E-state index in [-0.39, 0.29) is 23.8 Å². The van der Waals surface area contributed by atoms with E-state index in [9.17, 15) is 22.8 Å². The first kappa shape index (κ1) is 30.8. The van der Waals surface area contributed by atoms with Gasteiger partial charge in [-0.3, -0.25) is 14.3 Å². The van der Waals surface area contributed by atoms with Crippen LogP contribution in [-0.2, 0) is 24.4 Å². The van der Waals surface area contributed by atoms with Crippen molar-refractivity contribution in [2.75, 3.05) is 6.54 Å². The summed E-state index contributed by atoms with van der Waals surface area (Å²) in [6.45, 7) is 5.30. The summed E-state index contributed by atoms with van der Waals surface area (Å²) in [5.41, 5.74) is 10.9. The van der Waals surface area contributed by atoms with Crippen molar-refractivity contribution in [1.82, 2.24) is 30.9 Å². The van der Waals surface area contributed by atoms with Crippen LogP contribution in [0.25, 0.3) is 0 Å². The van der Waals surface area contributed by atoms with E-state index < -0.39 is 18.0 Å². The molecular weight excluding hydrogens is 541 g/mol. The zero-order chi connectivity index (χ0) is 29.8. The molecule has 1 aromatic heterocycles. The Morgan fingerprint density at radius 3 is 2.66 bits per heavy atom. The lowest BCUT2D eigenvalue weighted by Gasteiger charge is -2.10. The van der Waals surface area contributed by atoms with E-state index in [4.69, 9.17) is 5.53 Å². The van der Waals surface area contributed by atoms with Gasteiger partial charge < -0.3 is 20.7 Å². The molecular formula is C27H31F3N8O3. The number of nitrogens with zero attached hydrogens (tertiary/aromatic N) is 4. The molecule has 0 aliphatic carbocycles. The number of unbranched alkanes of at least 4 members (excludes halogenated alkanes) is 1. The third-order valence-electron chi connectivity index (χ3n) is 5.85. The lowest BCUT2D eigenvalue weighted by molar-refractivity contribution is -0.274. The molecule has 3 aromatic rings. The van der Waals surface area contributed by atoms with E-state index in [1.807, 2.05) is 32.0 Å². The Labute approximate surface area is 234 Å². The van der Waals surface area contributed by atoms with Crippen LogP contribution in [0.4, 0.5) is 13.2 Å². The molecule has 14 heteroatoms. The van der Waals surface area contributed by atoms with Crippen LogP contribution in [0.2, 0.25) is 0 Å². The maximum absolute atomic E-state index is 12.4. The minimum absolute atomic E-state index is 0.0791. The van der Waals surface area contributed by atoms with Crippen LogP contribution < -0.4 is 20.7 Å². The predicted molar refractivity (Wildman–Crippen MR) is 143 cm³/mol. The number of carbonyl (C=O) groups is 2. The molecule has 0 aliphatic heterocycles. The summed E-state index contributed by atoms with van der Waals surface area (Å²) in [6, 6.07) is 11.3. The molecule has 0 radical (unpaired) electrons. The lowest BCUT2D eigenvalue weighted by atomic mass is 10.1. The normalized spacial score (nSPS) is 11.6. The number of ether oxygens (including phenoxy) is 1. The summed E-state index contributed by atoms with van der Waals surface area (Å²) < 4.78 is 42.6. The topological polar surface area (TPSA) is 146 Å². The highest BCUT2D eigenvalue weighted by molar-refractivity contribution is 5.92. The van der Waals surface area contributed by atoms with Gasteiger partial charge in [0, 0.05) is 32.4 Å². The number of benzene rings is 2. The minimum Gasteiger partial charge on any atom is -0.406 e. The Balaban J connectivity index is 1.36. The monoisotopic (exact) mass is 572 g/mol. The second-order valence-corrected chi connectivity index (χ2v) is 9.16. The minimum atomic E-state index is -4.82. The number of amides is 2. The maximum Gasteiger partial charge on any atom is 0.573 e. The molecule has 41 heavy (non-hydrogen) atoms. The average molecular weight is 573 g/mol. The molecule has 2 aromatic carbocycles. The largest absolute Gasteiger partial charge is 0.573 e. The number of hydrogen-bond donors (Lipinski definition) is 4. The Kier molecular flexibility index (Phi) is 11.0. The summed E-state index contributed by atoms with van der Waals surface area (Å²) in [5.74, 6) is -1.37. The summed E-state index contributed by atoms with van der Waals surface area (Å²) in [4.78, 5) is 24.7. The predicted octanol–water partition coefficient (Wildman–Crippen LogP) is 4.28. The highest BCUT2D eigenvalue weighted by Crippen LogP contribution is 2.23. The molecule has 11 nitrogen and oxygen atoms in total. The number of carbonyl (C=O) groups excluding carboxylic acids is 2. The number of hydrogen-bond acceptors (Lipinski definition) is 8. The van der Waals surface area contributed by atoms with E-state index in [1.165, 1.54) is 18.3 Å². The zero-order valence-electron chi connectivity index (χ0n) is 22.6. The van der Waals surface area contributed by atoms with Crippen LogP contribution >= 0.6 is 0 Å². The molecule has 1 heterocycles. The van der Waals surface area contributed by atoms with Crippen LogP contribution in [0, 0.1) is 19.4 Å². The fourth-order valence-electron chi connectivity index (χ4n) is 3.71. The molecule has 0 spiro atoms. The number of rotatable bonds is 14. The van der Waals surface area contributed by atoms with Crippen molar-refractivity contribution in [3.63, 3.8) is 0 Å². The molecule has 3 rings (SSSR count). The van der Waals surface area contributed by atoms with Gasteiger partial charge in [-0.25, -0.2) is 5.53 Å². The van der Waals surface area contributed by atoms with Crippen molar-refractivity contribution >= 4 is 11.8 Å². The highest BCUT2D eigenvalue weighted by Gasteiger charge is 2.31. The van der Waals surface area contributed by atoms with E-state index in [2.05, 4.69) is 36.1 Å². The van der Waals surface area contributed by atoms with Gasteiger partial charge in [-0.05, 0) is 55.5 Å². The second kappa shape index (κ2) is 14.6. The smallest absolute Gasteiger partial charge is 0.406 e. The van der Waals surface area contributed by atoms with Crippen LogP contribution in [-0.4, -0.2) is 39.7 Å². The van der Waals surface area contributed by atoms with E-state index >= 15 is 0 Å². The first-order valence-electron chi connectivity index (χ1n) is 12.7. The highest BCUT2D eigenvalue weighted by atomic mass is 19.4. The van der Waals surface area contributed by atoms with Gasteiger partial charge in [-0.1, -0.05) is 41.1 Å². The van der Waals surface area contributed by atoms with Crippen molar-refractivity contribution in [3.05, 3.63) is 88.5 Å². The van der Waals surface area contributed by atoms with E-state index in [0.29, 0.717) is 38.0 Å². The zero-order valence-corrected chi connectivity index (χ0v) is 22.6. The summed E-state index contributed by atoms with van der Waals surface area (Å²) in [5, 5.41) is 19.4. The summed E-state index contributed by atoms with van der Waals surface area (Å²) in [7, 11) is 0. The first-order valence-corrected chi connectivity index (χ1v) is 12.7. The third kappa shape index (κ3) is 10.4. The van der Waals surface area contributed by atoms with Crippen molar-refractivity contribution in [3.8, 4) is 5.75 Å². The van der Waals surface area contributed by atoms with Crippen molar-refractivity contribution < 1.29 is 27.5 Å². The molecule has 218 valence electrons. The maximum atomic E-state index is 12.4. The van der Waals surface area contributed by atoms with Gasteiger partial charge in [0.05, 0.1) is 6.20 Å². The number of nitrogens with one attached hydrogen (secondary N) is 4. The van der Waals surface area contributed by atoms with Gasteiger partial charge in [0.2, 0.25) is 0 Å². The number of aromatic nitrogens is 3. The molecule has 0 atom stereocenters. The standard InChI is InChI=1S/C27H31F3N8O3/c1-18-8-9-19(2)21(12-18)15-34-26(40)24-17-38(37-36-24)11-4-3-10-32-16-23(35-31)25(39)33-14-20-6-5-7-22(13-20)41-27(28,29)30/h5-9,12-13,16-17,31-32H,3-4,10-11,14-15H2,1-2H3,(H,33,39)(H,34,40)/b23-16-,35-31?. The molecule has 2 amide bonds. The molecule has 0 aliphatic rings. The first-order chi connectivity index (χ1) is 19.5. The second-order valence-electron chi connectivity index (χ2n) is 9.16. The van der Waals surface area contributed by atoms with Crippen molar-refractivity contribution in [2.45, 2.75) is 52.7 Å². The average Bonchev–Trinajstić information content (AvgIpc) is 3.40. The summed E-state index contributed by atoms with van der Waals surface area (Å²) >= 11 is 0. The Morgan fingerprint density at radius 2 is 1.90 bits per heavy atom. The van der Waals surface area contributed by atoms with Crippen molar-refractivity contribution in [1.29, 1.82) is 5.53 Å². The van der Waals surface area contributed by atoms with Crippen LogP contribution in [0.5, 0.6) is 5.75 Å². The van der Waals surface area contributed by atoms with E-state index in [1.54, 1.807) is 10.9 Å². The Hall–Kier alpha value is -4.75. The SMILES string of the molecule is Cc1ccc(C)c(CNC(=O)c2cn(CCCCN/C=C(\N=N)C(=O)NCc3cccc(OC(F)(F)F)c3)nn2)c1. The molecule has 0 saturated heterocycles. The lowest BCUT2D eigenvalue weighted by Crippen LogP contribution is -2.25. The van der Waals surface area contributed by atoms with Crippen LogP contribution in [0.15, 0.2) is 65.7 Å². The van der Waals surface area contributed by atoms with Gasteiger partial charge in [-0.15, -0.1) is 18.3 Å². The third-order valence-corrected chi connectivity index (χ3v) is 5.85. The van der Waals surface area contributed by atoms with Gasteiger partial charge in [-0.2, -0.15) is 5.11 Å². The van der Waals surface area contributed by atoms with Crippen molar-refractivity contribution in [2.24, 2.45) is 5.11 Å². The fraction of sp³-hybridized carbons (Fsp3) is 0.333. The van der Waals surface area contributed by atoms with Gasteiger partial charge in [0.15, 0.2) is 11.4 Å².